The number of carbonyl (C=O) groups excluding carboxylic acids is 2. The summed E-state index contributed by atoms with van der Waals surface area (Å²) < 4.78 is 170. The molecule has 0 aliphatic rings. The minimum absolute atomic E-state index is 0.102. The lowest BCUT2D eigenvalue weighted by Gasteiger charge is -2.35. The Hall–Kier alpha value is -2.15. The summed E-state index contributed by atoms with van der Waals surface area (Å²) >= 11 is 0. The van der Waals surface area contributed by atoms with Crippen LogP contribution in [-0.4, -0.2) is 79.8 Å². The van der Waals surface area contributed by atoms with Crippen LogP contribution in [-0.2, 0) is 29.2 Å². The van der Waals surface area contributed by atoms with Crippen molar-refractivity contribution in [3.8, 4) is 0 Å². The molecule has 1 amide bonds. The molecule has 34 heavy (non-hydrogen) atoms. The molecule has 0 aliphatic heterocycles. The molecule has 0 fully saturated rings. The van der Waals surface area contributed by atoms with Crippen LogP contribution in [0.1, 0.15) is 19.3 Å². The van der Waals surface area contributed by atoms with Gasteiger partial charge in [-0.3, -0.25) is 4.79 Å². The largest absolute Gasteiger partial charge is 0.743 e. The van der Waals surface area contributed by atoms with Crippen LogP contribution in [0, 0.1) is 0 Å². The highest BCUT2D eigenvalue weighted by Crippen LogP contribution is 2.42. The van der Waals surface area contributed by atoms with Crippen molar-refractivity contribution in [2.24, 2.45) is 0 Å². The molecule has 0 N–H and O–H groups in total. The quantitative estimate of drug-likeness (QED) is 0.0982. The Morgan fingerprint density at radius 3 is 1.76 bits per heavy atom. The molecule has 19 heteroatoms. The summed E-state index contributed by atoms with van der Waals surface area (Å²) in [5.41, 5.74) is -2.46. The molecule has 0 saturated heterocycles. The maximum absolute atomic E-state index is 13.6. The third-order valence-corrected chi connectivity index (χ3v) is 4.74. The second-order valence-corrected chi connectivity index (χ2v) is 8.08. The number of esters is 1. The monoisotopic (exact) mass is 544 g/mol. The number of rotatable bonds is 11. The highest BCUT2D eigenvalue weighted by molar-refractivity contribution is 7.86. The lowest BCUT2D eigenvalue weighted by Crippen LogP contribution is -2.61. The molecule has 0 bridgehead atoms. The normalized spacial score (nSPS) is 15.4. The van der Waals surface area contributed by atoms with E-state index in [4.69, 9.17) is 0 Å². The van der Waals surface area contributed by atoms with Gasteiger partial charge in [-0.05, 0) is 12.8 Å². The SMILES string of the molecule is C=C(C(=O)OC(OCCCCC(F)(F)C(F)(F)S(=O)(=O)[O-])(C(=O)N(C)C)C(F)(F)F)C(F)(F)F. The Bertz CT molecular complexity index is 883. The summed E-state index contributed by atoms with van der Waals surface area (Å²) in [4.78, 5) is 23.7. The van der Waals surface area contributed by atoms with Crippen LogP contribution >= 0.6 is 0 Å². The van der Waals surface area contributed by atoms with Gasteiger partial charge in [0.15, 0.2) is 10.1 Å². The van der Waals surface area contributed by atoms with Crippen LogP contribution in [0.5, 0.6) is 0 Å². The Labute approximate surface area is 185 Å². The van der Waals surface area contributed by atoms with Crippen molar-refractivity contribution < 1.29 is 75.9 Å². The lowest BCUT2D eigenvalue weighted by atomic mass is 10.1. The minimum atomic E-state index is -6.82. The van der Waals surface area contributed by atoms with E-state index in [-0.39, 0.29) is 4.90 Å². The molecule has 0 saturated carbocycles. The van der Waals surface area contributed by atoms with Gasteiger partial charge in [0.1, 0.15) is 5.57 Å². The van der Waals surface area contributed by atoms with Gasteiger partial charge in [0.25, 0.3) is 0 Å². The second kappa shape index (κ2) is 10.2. The third kappa shape index (κ3) is 6.94. The van der Waals surface area contributed by atoms with Gasteiger partial charge in [-0.1, -0.05) is 6.58 Å². The number of hydrogen-bond donors (Lipinski definition) is 0. The van der Waals surface area contributed by atoms with E-state index in [9.17, 15) is 66.5 Å². The van der Waals surface area contributed by atoms with Crippen molar-refractivity contribution in [2.75, 3.05) is 20.7 Å². The van der Waals surface area contributed by atoms with Crippen molar-refractivity contribution in [1.29, 1.82) is 0 Å². The van der Waals surface area contributed by atoms with Crippen molar-refractivity contribution in [3.63, 3.8) is 0 Å². The van der Waals surface area contributed by atoms with Gasteiger partial charge in [0.05, 0.1) is 6.61 Å². The van der Waals surface area contributed by atoms with E-state index in [2.05, 4.69) is 16.1 Å². The zero-order valence-corrected chi connectivity index (χ0v) is 17.8. The molecule has 200 valence electrons. The predicted molar refractivity (Wildman–Crippen MR) is 88.2 cm³/mol. The smallest absolute Gasteiger partial charge is 0.466 e. The zero-order chi connectivity index (χ0) is 27.6. The first-order valence-corrected chi connectivity index (χ1v) is 9.89. The molecule has 0 radical (unpaired) electrons. The summed E-state index contributed by atoms with van der Waals surface area (Å²) in [7, 11) is -5.51. The number of hydrogen-bond acceptors (Lipinski definition) is 7. The van der Waals surface area contributed by atoms with Gasteiger partial charge >= 0.3 is 41.2 Å². The zero-order valence-electron chi connectivity index (χ0n) is 17.0. The van der Waals surface area contributed by atoms with Gasteiger partial charge in [0, 0.05) is 20.5 Å². The van der Waals surface area contributed by atoms with E-state index in [1.165, 1.54) is 0 Å². The Morgan fingerprint density at radius 2 is 1.41 bits per heavy atom. The number of halogens is 10. The van der Waals surface area contributed by atoms with Gasteiger partial charge in [-0.2, -0.15) is 43.9 Å². The highest BCUT2D eigenvalue weighted by atomic mass is 32.2. The number of nitrogens with zero attached hydrogens (tertiary/aromatic N) is 1. The molecule has 8 nitrogen and oxygen atoms in total. The highest BCUT2D eigenvalue weighted by Gasteiger charge is 2.67. The van der Waals surface area contributed by atoms with Crippen LogP contribution in [0.4, 0.5) is 43.9 Å². The van der Waals surface area contributed by atoms with Crippen molar-refractivity contribution >= 4 is 22.0 Å². The topological polar surface area (TPSA) is 113 Å². The number of alkyl halides is 10. The van der Waals surface area contributed by atoms with Crippen LogP contribution in [0.25, 0.3) is 0 Å². The first-order valence-electron chi connectivity index (χ1n) is 8.48. The molecule has 0 spiro atoms. The molecule has 0 heterocycles. The summed E-state index contributed by atoms with van der Waals surface area (Å²) in [6.07, 6.45) is -16.0. The van der Waals surface area contributed by atoms with Crippen LogP contribution in [0.15, 0.2) is 12.2 Å². The van der Waals surface area contributed by atoms with E-state index >= 15 is 0 Å². The molecule has 0 aromatic carbocycles. The van der Waals surface area contributed by atoms with Gasteiger partial charge in [-0.25, -0.2) is 13.2 Å². The standard InChI is InChI=1S/C15H17F10NO7S/c1-8(13(18,19)20)9(27)33-12(14(21,22)23,10(28)26(2)3)32-7-5-4-6-11(16,17)15(24,25)34(29,30)31/h1,4-7H2,2-3H3,(H,29,30,31)/p-1. The van der Waals surface area contributed by atoms with Gasteiger partial charge in [-0.15, -0.1) is 0 Å². The average Bonchev–Trinajstić information content (AvgIpc) is 2.62. The molecule has 0 rings (SSSR count). The van der Waals surface area contributed by atoms with Crippen molar-refractivity contribution in [1.82, 2.24) is 4.90 Å². The van der Waals surface area contributed by atoms with Gasteiger partial charge in [0.2, 0.25) is 0 Å². The lowest BCUT2D eigenvalue weighted by molar-refractivity contribution is -0.350. The second-order valence-electron chi connectivity index (χ2n) is 6.66. The molecule has 1 atom stereocenters. The first kappa shape index (κ1) is 31.9. The van der Waals surface area contributed by atoms with Crippen molar-refractivity contribution in [3.05, 3.63) is 12.2 Å². The first-order chi connectivity index (χ1) is 14.8. The molecule has 0 aromatic rings. The molecule has 0 aromatic heterocycles. The fourth-order valence-electron chi connectivity index (χ4n) is 1.99. The van der Waals surface area contributed by atoms with Crippen LogP contribution in [0.3, 0.4) is 0 Å². The Kier molecular flexibility index (Phi) is 9.58. The van der Waals surface area contributed by atoms with Crippen LogP contribution in [0.2, 0.25) is 0 Å². The van der Waals surface area contributed by atoms with E-state index in [1.807, 2.05) is 0 Å². The Morgan fingerprint density at radius 1 is 0.941 bits per heavy atom. The maximum atomic E-state index is 13.6. The molecular weight excluding hydrogens is 528 g/mol. The van der Waals surface area contributed by atoms with E-state index < -0.39 is 82.8 Å². The fourth-order valence-corrected chi connectivity index (χ4v) is 2.46. The predicted octanol–water partition coefficient (Wildman–Crippen LogP) is 2.96. The maximum Gasteiger partial charge on any atom is 0.466 e. The summed E-state index contributed by atoms with van der Waals surface area (Å²) in [6.45, 7) is 0.710. The van der Waals surface area contributed by atoms with Crippen molar-refractivity contribution in [2.45, 2.75) is 48.6 Å². The third-order valence-electron chi connectivity index (χ3n) is 3.82. The van der Waals surface area contributed by atoms with Crippen LogP contribution < -0.4 is 0 Å². The number of unbranched alkanes of at least 4 members (excludes halogenated alkanes) is 1. The summed E-state index contributed by atoms with van der Waals surface area (Å²) in [6, 6.07) is 0. The average molecular weight is 544 g/mol. The minimum Gasteiger partial charge on any atom is -0.743 e. The fraction of sp³-hybridized carbons (Fsp3) is 0.733. The van der Waals surface area contributed by atoms with E-state index in [0.717, 1.165) is 0 Å². The van der Waals surface area contributed by atoms with E-state index in [0.29, 0.717) is 14.1 Å². The summed E-state index contributed by atoms with van der Waals surface area (Å²) in [5.74, 6) is -15.2. The van der Waals surface area contributed by atoms with Gasteiger partial charge < -0.3 is 18.9 Å². The number of ether oxygens (including phenoxy) is 2. The number of carbonyl (C=O) groups is 2. The molecular formula is C15H16F10NO7S-. The number of amides is 1. The molecule has 1 unspecified atom stereocenters. The Balaban J connectivity index is 5.73. The number of likely N-dealkylation sites (N-methyl/N-ethyl adjacent to an activating group) is 1. The summed E-state index contributed by atoms with van der Waals surface area (Å²) in [5, 5.41) is -6.06. The van der Waals surface area contributed by atoms with E-state index in [1.54, 1.807) is 0 Å². The molecule has 0 aliphatic carbocycles.